The Kier molecular flexibility index (Phi) is 3.78. The number of ether oxygens (including phenoxy) is 2. The van der Waals surface area contributed by atoms with Crippen molar-refractivity contribution in [2.24, 2.45) is 5.73 Å². The van der Waals surface area contributed by atoms with Crippen LogP contribution in [0.25, 0.3) is 10.6 Å². The van der Waals surface area contributed by atoms with Crippen molar-refractivity contribution in [2.45, 2.75) is 0 Å². The fraction of sp³-hybridized carbons (Fsp3) is 0.167. The Labute approximate surface area is 114 Å². The Morgan fingerprint density at radius 2 is 2.11 bits per heavy atom. The molecule has 0 aliphatic heterocycles. The molecule has 2 N–H and O–H groups in total. The molecule has 0 aliphatic carbocycles. The van der Waals surface area contributed by atoms with E-state index in [-0.39, 0.29) is 0 Å². The lowest BCUT2D eigenvalue weighted by Gasteiger charge is -2.07. The summed E-state index contributed by atoms with van der Waals surface area (Å²) in [6, 6.07) is 5.56. The third-order valence-electron chi connectivity index (χ3n) is 2.39. The van der Waals surface area contributed by atoms with E-state index in [1.54, 1.807) is 20.4 Å². The predicted octanol–water partition coefficient (Wildman–Crippen LogP) is 2.46. The molecule has 94 valence electrons. The van der Waals surface area contributed by atoms with E-state index >= 15 is 0 Å². The highest BCUT2D eigenvalue weighted by atomic mass is 32.1. The van der Waals surface area contributed by atoms with Crippen molar-refractivity contribution in [1.29, 1.82) is 0 Å². The Bertz CT molecular complexity index is 581. The minimum atomic E-state index is 0.348. The summed E-state index contributed by atoms with van der Waals surface area (Å²) < 4.78 is 10.5. The molecular weight excluding hydrogens is 268 g/mol. The standard InChI is InChI=1S/C12H12N2O2S2/c1-15-7-3-4-9(16-2)8(5-7)12-14-6-10(18-12)11(13)17/h3-6H,1-2H3,(H2,13,17). The van der Waals surface area contributed by atoms with Gasteiger partial charge in [-0.05, 0) is 18.2 Å². The van der Waals surface area contributed by atoms with Crippen LogP contribution in [-0.4, -0.2) is 24.2 Å². The zero-order valence-electron chi connectivity index (χ0n) is 9.97. The van der Waals surface area contributed by atoms with Crippen molar-refractivity contribution < 1.29 is 9.47 Å². The molecule has 0 saturated heterocycles. The Morgan fingerprint density at radius 1 is 1.33 bits per heavy atom. The Morgan fingerprint density at radius 3 is 2.67 bits per heavy atom. The van der Waals surface area contributed by atoms with Gasteiger partial charge in [0.2, 0.25) is 0 Å². The molecule has 18 heavy (non-hydrogen) atoms. The smallest absolute Gasteiger partial charge is 0.129 e. The van der Waals surface area contributed by atoms with Crippen molar-refractivity contribution in [2.75, 3.05) is 14.2 Å². The van der Waals surface area contributed by atoms with Crippen LogP contribution in [0, 0.1) is 0 Å². The zero-order chi connectivity index (χ0) is 13.1. The number of thiazole rings is 1. The highest BCUT2D eigenvalue weighted by Crippen LogP contribution is 2.35. The number of aromatic nitrogens is 1. The van der Waals surface area contributed by atoms with E-state index in [9.17, 15) is 0 Å². The van der Waals surface area contributed by atoms with Gasteiger partial charge < -0.3 is 15.2 Å². The largest absolute Gasteiger partial charge is 0.497 e. The van der Waals surface area contributed by atoms with Gasteiger partial charge in [0.1, 0.15) is 21.5 Å². The SMILES string of the molecule is COc1ccc(OC)c(-c2ncc(C(N)=S)s2)c1. The molecule has 6 heteroatoms. The lowest BCUT2D eigenvalue weighted by atomic mass is 10.2. The molecule has 1 heterocycles. The van der Waals surface area contributed by atoms with Gasteiger partial charge in [-0.15, -0.1) is 11.3 Å². The van der Waals surface area contributed by atoms with Crippen LogP contribution in [0.3, 0.4) is 0 Å². The highest BCUT2D eigenvalue weighted by Gasteiger charge is 2.12. The van der Waals surface area contributed by atoms with Gasteiger partial charge in [-0.2, -0.15) is 0 Å². The first-order valence-electron chi connectivity index (χ1n) is 5.13. The van der Waals surface area contributed by atoms with Crippen molar-refractivity contribution in [3.63, 3.8) is 0 Å². The van der Waals surface area contributed by atoms with Crippen molar-refractivity contribution in [3.05, 3.63) is 29.3 Å². The Hall–Kier alpha value is -1.66. The summed E-state index contributed by atoms with van der Waals surface area (Å²) >= 11 is 6.36. The second-order valence-electron chi connectivity index (χ2n) is 3.46. The average molecular weight is 280 g/mol. The van der Waals surface area contributed by atoms with E-state index in [4.69, 9.17) is 27.4 Å². The van der Waals surface area contributed by atoms with Crippen molar-refractivity contribution in [3.8, 4) is 22.1 Å². The van der Waals surface area contributed by atoms with E-state index in [1.165, 1.54) is 11.3 Å². The topological polar surface area (TPSA) is 57.4 Å². The van der Waals surface area contributed by atoms with E-state index in [2.05, 4.69) is 4.98 Å². The molecule has 0 amide bonds. The first-order valence-corrected chi connectivity index (χ1v) is 6.36. The second kappa shape index (κ2) is 5.32. The van der Waals surface area contributed by atoms with Gasteiger partial charge in [0.25, 0.3) is 0 Å². The maximum absolute atomic E-state index is 5.58. The van der Waals surface area contributed by atoms with Crippen LogP contribution in [0.4, 0.5) is 0 Å². The molecule has 0 unspecified atom stereocenters. The minimum Gasteiger partial charge on any atom is -0.497 e. The first kappa shape index (κ1) is 12.8. The van der Waals surface area contributed by atoms with Gasteiger partial charge >= 0.3 is 0 Å². The molecule has 0 spiro atoms. The number of nitrogens with two attached hydrogens (primary N) is 1. The molecule has 1 aromatic carbocycles. The molecule has 0 atom stereocenters. The maximum atomic E-state index is 5.58. The van der Waals surface area contributed by atoms with E-state index in [1.807, 2.05) is 18.2 Å². The summed E-state index contributed by atoms with van der Waals surface area (Å²) in [6.45, 7) is 0. The lowest BCUT2D eigenvalue weighted by molar-refractivity contribution is 0.404. The second-order valence-corrected chi connectivity index (χ2v) is 4.93. The first-order chi connectivity index (χ1) is 8.65. The summed E-state index contributed by atoms with van der Waals surface area (Å²) in [5.74, 6) is 1.48. The van der Waals surface area contributed by atoms with Gasteiger partial charge in [0, 0.05) is 6.20 Å². The normalized spacial score (nSPS) is 10.1. The molecule has 0 radical (unpaired) electrons. The van der Waals surface area contributed by atoms with Gasteiger partial charge in [-0.3, -0.25) is 0 Å². The fourth-order valence-corrected chi connectivity index (χ4v) is 2.46. The zero-order valence-corrected chi connectivity index (χ0v) is 11.6. The minimum absolute atomic E-state index is 0.348. The van der Waals surface area contributed by atoms with E-state index in [0.29, 0.717) is 4.99 Å². The van der Waals surface area contributed by atoms with Gasteiger partial charge in [0.15, 0.2) is 0 Å². The number of hydrogen-bond acceptors (Lipinski definition) is 5. The average Bonchev–Trinajstić information content (AvgIpc) is 2.87. The van der Waals surface area contributed by atoms with Crippen molar-refractivity contribution in [1.82, 2.24) is 4.98 Å². The molecule has 0 fully saturated rings. The molecule has 2 rings (SSSR count). The fourth-order valence-electron chi connectivity index (χ4n) is 1.49. The summed E-state index contributed by atoms with van der Waals surface area (Å²) in [5, 5.41) is 0.800. The predicted molar refractivity (Wildman–Crippen MR) is 76.5 cm³/mol. The van der Waals surface area contributed by atoms with Crippen LogP contribution in [0.15, 0.2) is 24.4 Å². The summed E-state index contributed by atoms with van der Waals surface area (Å²) in [5.41, 5.74) is 6.44. The number of rotatable bonds is 4. The molecule has 0 aliphatic rings. The molecule has 4 nitrogen and oxygen atoms in total. The van der Waals surface area contributed by atoms with Crippen LogP contribution in [-0.2, 0) is 0 Å². The summed E-state index contributed by atoms with van der Waals surface area (Å²) in [4.78, 5) is 5.44. The van der Waals surface area contributed by atoms with E-state index < -0.39 is 0 Å². The van der Waals surface area contributed by atoms with Crippen LogP contribution in [0.2, 0.25) is 0 Å². The number of nitrogens with zero attached hydrogens (tertiary/aromatic N) is 1. The number of methoxy groups -OCH3 is 2. The van der Waals surface area contributed by atoms with Gasteiger partial charge in [-0.25, -0.2) is 4.98 Å². The maximum Gasteiger partial charge on any atom is 0.129 e. The van der Waals surface area contributed by atoms with Crippen LogP contribution >= 0.6 is 23.6 Å². The molecular formula is C12H12N2O2S2. The molecule has 2 aromatic rings. The number of thiocarbonyl (C=S) groups is 1. The lowest BCUT2D eigenvalue weighted by Crippen LogP contribution is -2.06. The van der Waals surface area contributed by atoms with Crippen LogP contribution in [0.5, 0.6) is 11.5 Å². The monoisotopic (exact) mass is 280 g/mol. The van der Waals surface area contributed by atoms with Gasteiger partial charge in [0.05, 0.1) is 24.7 Å². The van der Waals surface area contributed by atoms with Crippen molar-refractivity contribution >= 4 is 28.5 Å². The third-order valence-corrected chi connectivity index (χ3v) is 3.80. The summed E-state index contributed by atoms with van der Waals surface area (Å²) in [6.07, 6.45) is 1.67. The Balaban J connectivity index is 2.50. The van der Waals surface area contributed by atoms with Crippen LogP contribution < -0.4 is 15.2 Å². The van der Waals surface area contributed by atoms with Gasteiger partial charge in [-0.1, -0.05) is 12.2 Å². The van der Waals surface area contributed by atoms with Crippen LogP contribution in [0.1, 0.15) is 4.88 Å². The highest BCUT2D eigenvalue weighted by molar-refractivity contribution is 7.81. The van der Waals surface area contributed by atoms with E-state index in [0.717, 1.165) is 26.9 Å². The number of benzene rings is 1. The quantitative estimate of drug-likeness (QED) is 0.872. The molecule has 1 aromatic heterocycles. The number of hydrogen-bond donors (Lipinski definition) is 1. The summed E-state index contributed by atoms with van der Waals surface area (Å²) in [7, 11) is 3.24. The third kappa shape index (κ3) is 2.44. The molecule has 0 saturated carbocycles. The molecule has 0 bridgehead atoms.